The van der Waals surface area contributed by atoms with Crippen molar-refractivity contribution in [3.8, 4) is 0 Å². The summed E-state index contributed by atoms with van der Waals surface area (Å²) in [4.78, 5) is 18.5. The first-order chi connectivity index (χ1) is 11.6. The van der Waals surface area contributed by atoms with E-state index in [4.69, 9.17) is 0 Å². The maximum absolute atomic E-state index is 12.4. The fourth-order valence-electron chi connectivity index (χ4n) is 3.12. The van der Waals surface area contributed by atoms with Gasteiger partial charge in [0.1, 0.15) is 0 Å². The summed E-state index contributed by atoms with van der Waals surface area (Å²) in [5.74, 6) is 0.0825. The largest absolute Gasteiger partial charge is 0.324 e. The normalized spacial score (nSPS) is 16.2. The number of anilines is 1. The third-order valence-corrected chi connectivity index (χ3v) is 5.40. The number of aryl methyl sites for hydroxylation is 2. The van der Waals surface area contributed by atoms with E-state index in [1.165, 1.54) is 4.88 Å². The van der Waals surface area contributed by atoms with Gasteiger partial charge in [0, 0.05) is 43.3 Å². The first-order valence-corrected chi connectivity index (χ1v) is 9.33. The molecule has 1 aromatic heterocycles. The number of carbonyl (C=O) groups is 1. The van der Waals surface area contributed by atoms with Crippen molar-refractivity contribution in [2.24, 2.45) is 0 Å². The van der Waals surface area contributed by atoms with Crippen LogP contribution in [0.2, 0.25) is 0 Å². The Balaban J connectivity index is 1.46. The van der Waals surface area contributed by atoms with Gasteiger partial charge in [-0.2, -0.15) is 0 Å². The van der Waals surface area contributed by atoms with Crippen molar-refractivity contribution in [1.82, 2.24) is 9.80 Å². The van der Waals surface area contributed by atoms with Crippen molar-refractivity contribution in [2.45, 2.75) is 20.4 Å². The molecule has 1 aliphatic rings. The van der Waals surface area contributed by atoms with Gasteiger partial charge in [-0.3, -0.25) is 14.6 Å². The van der Waals surface area contributed by atoms with E-state index in [9.17, 15) is 4.79 Å². The van der Waals surface area contributed by atoms with Crippen LogP contribution in [0.5, 0.6) is 0 Å². The van der Waals surface area contributed by atoms with Crippen molar-refractivity contribution in [3.63, 3.8) is 0 Å². The standard InChI is InChI=1S/C19H25N3OS/c1-15-5-3-6-16(2)19(15)20-18(23)14-22-10-8-21(9-11-22)13-17-7-4-12-24-17/h3-7,12H,8-11,13-14H2,1-2H3,(H,20,23). The average molecular weight is 343 g/mol. The van der Waals surface area contributed by atoms with Gasteiger partial charge in [0.2, 0.25) is 5.91 Å². The maximum Gasteiger partial charge on any atom is 0.238 e. The highest BCUT2D eigenvalue weighted by atomic mass is 32.1. The molecule has 0 atom stereocenters. The summed E-state index contributed by atoms with van der Waals surface area (Å²) >= 11 is 1.81. The van der Waals surface area contributed by atoms with Gasteiger partial charge in [-0.1, -0.05) is 24.3 Å². The lowest BCUT2D eigenvalue weighted by Gasteiger charge is -2.34. The summed E-state index contributed by atoms with van der Waals surface area (Å²) in [5, 5.41) is 5.21. The number of hydrogen-bond acceptors (Lipinski definition) is 4. The smallest absolute Gasteiger partial charge is 0.238 e. The van der Waals surface area contributed by atoms with Crippen LogP contribution < -0.4 is 5.32 Å². The molecule has 0 radical (unpaired) electrons. The van der Waals surface area contributed by atoms with Crippen LogP contribution in [0.15, 0.2) is 35.7 Å². The molecule has 0 bridgehead atoms. The maximum atomic E-state index is 12.4. The molecule has 1 amide bonds. The monoisotopic (exact) mass is 343 g/mol. The van der Waals surface area contributed by atoms with Gasteiger partial charge in [0.25, 0.3) is 0 Å². The van der Waals surface area contributed by atoms with Crippen LogP contribution in [0.1, 0.15) is 16.0 Å². The number of para-hydroxylation sites is 1. The third kappa shape index (κ3) is 4.44. The van der Waals surface area contributed by atoms with E-state index >= 15 is 0 Å². The summed E-state index contributed by atoms with van der Waals surface area (Å²) in [7, 11) is 0. The van der Waals surface area contributed by atoms with Crippen LogP contribution in [0.4, 0.5) is 5.69 Å². The molecule has 0 unspecified atom stereocenters. The summed E-state index contributed by atoms with van der Waals surface area (Å²) < 4.78 is 0. The molecule has 4 nitrogen and oxygen atoms in total. The second kappa shape index (κ2) is 7.92. The minimum atomic E-state index is 0.0825. The van der Waals surface area contributed by atoms with Gasteiger partial charge in [0.05, 0.1) is 6.54 Å². The molecule has 1 N–H and O–H groups in total. The molecule has 2 heterocycles. The first kappa shape index (κ1) is 17.1. The van der Waals surface area contributed by atoms with E-state index in [-0.39, 0.29) is 5.91 Å². The highest BCUT2D eigenvalue weighted by molar-refractivity contribution is 7.09. The molecule has 3 rings (SSSR count). The van der Waals surface area contributed by atoms with Gasteiger partial charge in [0.15, 0.2) is 0 Å². The van der Waals surface area contributed by atoms with E-state index in [2.05, 4.69) is 32.6 Å². The number of benzene rings is 1. The van der Waals surface area contributed by atoms with Crippen LogP contribution in [-0.4, -0.2) is 48.4 Å². The molecule has 0 spiro atoms. The number of nitrogens with zero attached hydrogens (tertiary/aromatic N) is 2. The SMILES string of the molecule is Cc1cccc(C)c1NC(=O)CN1CCN(Cc2cccs2)CC1. The molecule has 5 heteroatoms. The Morgan fingerprint density at radius 3 is 2.33 bits per heavy atom. The molecule has 1 aliphatic heterocycles. The number of piperazine rings is 1. The lowest BCUT2D eigenvalue weighted by atomic mass is 10.1. The van der Waals surface area contributed by atoms with Crippen LogP contribution in [0.25, 0.3) is 0 Å². The molecule has 128 valence electrons. The van der Waals surface area contributed by atoms with Crippen LogP contribution >= 0.6 is 11.3 Å². The number of thiophene rings is 1. The summed E-state index contributed by atoms with van der Waals surface area (Å²) in [6.45, 7) is 9.51. The minimum Gasteiger partial charge on any atom is -0.324 e. The molecule has 1 fully saturated rings. The molecular weight excluding hydrogens is 318 g/mol. The molecule has 0 aliphatic carbocycles. The number of rotatable bonds is 5. The first-order valence-electron chi connectivity index (χ1n) is 8.45. The number of nitrogens with one attached hydrogen (secondary N) is 1. The molecule has 2 aromatic rings. The predicted octanol–water partition coefficient (Wildman–Crippen LogP) is 3.12. The fraction of sp³-hybridized carbons (Fsp3) is 0.421. The molecule has 0 saturated carbocycles. The predicted molar refractivity (Wildman–Crippen MR) is 101 cm³/mol. The van der Waals surface area contributed by atoms with Crippen molar-refractivity contribution < 1.29 is 4.79 Å². The lowest BCUT2D eigenvalue weighted by molar-refractivity contribution is -0.117. The topological polar surface area (TPSA) is 35.6 Å². The number of amides is 1. The van der Waals surface area contributed by atoms with Crippen LogP contribution in [-0.2, 0) is 11.3 Å². The quantitative estimate of drug-likeness (QED) is 0.906. The lowest BCUT2D eigenvalue weighted by Crippen LogP contribution is -2.48. The van der Waals surface area contributed by atoms with Crippen molar-refractivity contribution in [1.29, 1.82) is 0 Å². The Morgan fingerprint density at radius 2 is 1.71 bits per heavy atom. The second-order valence-corrected chi connectivity index (χ2v) is 7.48. The summed E-state index contributed by atoms with van der Waals surface area (Å²) in [5.41, 5.74) is 3.19. The molecule has 24 heavy (non-hydrogen) atoms. The van der Waals surface area contributed by atoms with E-state index in [1.807, 2.05) is 43.4 Å². The van der Waals surface area contributed by atoms with Crippen LogP contribution in [0, 0.1) is 13.8 Å². The van der Waals surface area contributed by atoms with Crippen LogP contribution in [0.3, 0.4) is 0 Å². The fourth-order valence-corrected chi connectivity index (χ4v) is 3.87. The van der Waals surface area contributed by atoms with Crippen molar-refractivity contribution >= 4 is 22.9 Å². The van der Waals surface area contributed by atoms with Gasteiger partial charge >= 0.3 is 0 Å². The zero-order chi connectivity index (χ0) is 16.9. The Bertz CT molecular complexity index is 656. The van der Waals surface area contributed by atoms with Crippen molar-refractivity contribution in [2.75, 3.05) is 38.0 Å². The van der Waals surface area contributed by atoms with E-state index in [0.29, 0.717) is 6.54 Å². The zero-order valence-corrected chi connectivity index (χ0v) is 15.2. The highest BCUT2D eigenvalue weighted by Gasteiger charge is 2.19. The van der Waals surface area contributed by atoms with Gasteiger partial charge in [-0.25, -0.2) is 0 Å². The Morgan fingerprint density at radius 1 is 1.04 bits per heavy atom. The Hall–Kier alpha value is -1.69. The molecular formula is C19H25N3OS. The second-order valence-electron chi connectivity index (χ2n) is 6.45. The molecule has 1 saturated heterocycles. The van der Waals surface area contributed by atoms with Gasteiger partial charge in [-0.15, -0.1) is 11.3 Å². The minimum absolute atomic E-state index is 0.0825. The molecule has 1 aromatic carbocycles. The Kier molecular flexibility index (Phi) is 5.66. The van der Waals surface area contributed by atoms with E-state index in [0.717, 1.165) is 49.5 Å². The Labute approximate surface area is 148 Å². The summed E-state index contributed by atoms with van der Waals surface area (Å²) in [6, 6.07) is 10.4. The van der Waals surface area contributed by atoms with Gasteiger partial charge < -0.3 is 5.32 Å². The van der Waals surface area contributed by atoms with Gasteiger partial charge in [-0.05, 0) is 36.4 Å². The number of hydrogen-bond donors (Lipinski definition) is 1. The summed E-state index contributed by atoms with van der Waals surface area (Å²) in [6.07, 6.45) is 0. The van der Waals surface area contributed by atoms with Crippen molar-refractivity contribution in [3.05, 3.63) is 51.7 Å². The average Bonchev–Trinajstić information content (AvgIpc) is 3.06. The highest BCUT2D eigenvalue weighted by Crippen LogP contribution is 2.19. The zero-order valence-electron chi connectivity index (χ0n) is 14.4. The van der Waals surface area contributed by atoms with E-state index in [1.54, 1.807) is 0 Å². The third-order valence-electron chi connectivity index (χ3n) is 4.54. The number of carbonyl (C=O) groups excluding carboxylic acids is 1. The van der Waals surface area contributed by atoms with E-state index < -0.39 is 0 Å².